The number of H-pyrrole nitrogens is 1. The lowest BCUT2D eigenvalue weighted by atomic mass is 9.94. The van der Waals surface area contributed by atoms with Crippen molar-refractivity contribution in [2.24, 2.45) is 0 Å². The summed E-state index contributed by atoms with van der Waals surface area (Å²) in [5.74, 6) is -0.240. The van der Waals surface area contributed by atoms with Crippen molar-refractivity contribution < 1.29 is 26.3 Å². The zero-order valence-corrected chi connectivity index (χ0v) is 18.4. The molecular weight excluding hydrogens is 500 g/mol. The van der Waals surface area contributed by atoms with E-state index in [0.717, 1.165) is 17.8 Å². The molecule has 0 fully saturated rings. The second kappa shape index (κ2) is 9.08. The molecule has 13 heteroatoms. The minimum Gasteiger partial charge on any atom is -0.251 e. The molecule has 0 saturated carbocycles. The third kappa shape index (κ3) is 4.87. The van der Waals surface area contributed by atoms with Crippen LogP contribution in [0, 0.1) is 0 Å². The molecule has 0 amide bonds. The number of rotatable bonds is 4. The Morgan fingerprint density at radius 2 is 1.38 bits per heavy atom. The molecule has 0 saturated heterocycles. The van der Waals surface area contributed by atoms with Gasteiger partial charge in [-0.05, 0) is 34.5 Å². The average Bonchev–Trinajstić information content (AvgIpc) is 3.42. The highest BCUT2D eigenvalue weighted by Gasteiger charge is 2.35. The summed E-state index contributed by atoms with van der Waals surface area (Å²) < 4.78 is 80.3. The van der Waals surface area contributed by atoms with E-state index < -0.39 is 23.7 Å². The molecule has 0 spiro atoms. The highest BCUT2D eigenvalue weighted by atomic mass is 19.4. The Morgan fingerprint density at radius 1 is 0.649 bits per heavy atom. The van der Waals surface area contributed by atoms with Gasteiger partial charge in [0.1, 0.15) is 11.4 Å². The molecule has 2 aromatic carbocycles. The maximum atomic E-state index is 13.8. The molecule has 5 rings (SSSR count). The first-order chi connectivity index (χ1) is 17.6. The first kappa shape index (κ1) is 24.0. The van der Waals surface area contributed by atoms with Crippen molar-refractivity contribution in [3.05, 3.63) is 84.3 Å². The molecule has 0 aliphatic rings. The van der Waals surface area contributed by atoms with Crippen LogP contribution in [0.2, 0.25) is 0 Å². The van der Waals surface area contributed by atoms with Crippen LogP contribution in [-0.4, -0.2) is 35.6 Å². The molecule has 1 N–H and O–H groups in total. The minimum atomic E-state index is -4.87. The molecule has 0 radical (unpaired) electrons. The van der Waals surface area contributed by atoms with Crippen molar-refractivity contribution in [3.63, 3.8) is 0 Å². The van der Waals surface area contributed by atoms with Crippen LogP contribution in [-0.2, 0) is 12.4 Å². The topological polar surface area (TPSA) is 93.1 Å². The van der Waals surface area contributed by atoms with E-state index in [2.05, 4.69) is 35.6 Å². The molecule has 3 heterocycles. The summed E-state index contributed by atoms with van der Waals surface area (Å²) in [6, 6.07) is 16.2. The van der Waals surface area contributed by atoms with Crippen LogP contribution < -0.4 is 0 Å². The number of nitrogens with one attached hydrogen (secondary N) is 1. The quantitative estimate of drug-likeness (QED) is 0.293. The van der Waals surface area contributed by atoms with Crippen molar-refractivity contribution in [3.8, 4) is 45.2 Å². The monoisotopic (exact) mass is 513 g/mol. The standard InChI is InChI=1S/C24H13F6N7/c25-23(26,27)18-10-9-14(12-31-18)17-11-19(24(28,29)30)33-21(32-17)16-8-4-7-15(13-5-2-1-3-6-13)20(16)22-34-36-37-35-22/h1-12H,(H,34,35,36,37). The summed E-state index contributed by atoms with van der Waals surface area (Å²) in [5.41, 5.74) is -0.993. The van der Waals surface area contributed by atoms with Gasteiger partial charge in [-0.15, -0.1) is 10.2 Å². The van der Waals surface area contributed by atoms with Gasteiger partial charge in [-0.3, -0.25) is 4.98 Å². The molecule has 0 atom stereocenters. The fourth-order valence-corrected chi connectivity index (χ4v) is 3.68. The Labute approximate surface area is 204 Å². The number of hydrogen-bond acceptors (Lipinski definition) is 6. The van der Waals surface area contributed by atoms with Gasteiger partial charge < -0.3 is 0 Å². The Hall–Kier alpha value is -4.68. The molecule has 5 aromatic rings. The predicted octanol–water partition coefficient (Wildman–Crippen LogP) is 6.09. The molecule has 0 aliphatic carbocycles. The van der Waals surface area contributed by atoms with E-state index in [4.69, 9.17) is 0 Å². The number of tetrazole rings is 1. The smallest absolute Gasteiger partial charge is 0.251 e. The summed E-state index contributed by atoms with van der Waals surface area (Å²) in [6.45, 7) is 0. The lowest BCUT2D eigenvalue weighted by Gasteiger charge is -2.15. The van der Waals surface area contributed by atoms with Crippen molar-refractivity contribution in [1.29, 1.82) is 0 Å². The first-order valence-electron chi connectivity index (χ1n) is 10.5. The summed E-state index contributed by atoms with van der Waals surface area (Å²) in [7, 11) is 0. The van der Waals surface area contributed by atoms with Gasteiger partial charge in [0.05, 0.1) is 5.69 Å². The van der Waals surface area contributed by atoms with Gasteiger partial charge in [-0.2, -0.15) is 31.6 Å². The van der Waals surface area contributed by atoms with E-state index in [1.54, 1.807) is 36.4 Å². The van der Waals surface area contributed by atoms with Gasteiger partial charge in [0.15, 0.2) is 5.82 Å². The van der Waals surface area contributed by atoms with Crippen LogP contribution in [0.25, 0.3) is 45.2 Å². The molecule has 186 valence electrons. The molecule has 0 aliphatic heterocycles. The van der Waals surface area contributed by atoms with E-state index in [0.29, 0.717) is 23.3 Å². The number of hydrogen-bond donors (Lipinski definition) is 1. The number of aromatic nitrogens is 7. The predicted molar refractivity (Wildman–Crippen MR) is 119 cm³/mol. The van der Waals surface area contributed by atoms with Crippen LogP contribution in [0.4, 0.5) is 26.3 Å². The second-order valence-electron chi connectivity index (χ2n) is 7.72. The average molecular weight is 513 g/mol. The fraction of sp³-hybridized carbons (Fsp3) is 0.0833. The van der Waals surface area contributed by atoms with E-state index in [9.17, 15) is 26.3 Å². The Morgan fingerprint density at radius 3 is 2.00 bits per heavy atom. The first-order valence-corrected chi connectivity index (χ1v) is 10.5. The largest absolute Gasteiger partial charge is 0.433 e. The van der Waals surface area contributed by atoms with E-state index in [1.165, 1.54) is 6.07 Å². The zero-order chi connectivity index (χ0) is 26.2. The molecule has 37 heavy (non-hydrogen) atoms. The van der Waals surface area contributed by atoms with Crippen LogP contribution in [0.1, 0.15) is 11.4 Å². The van der Waals surface area contributed by atoms with Crippen LogP contribution >= 0.6 is 0 Å². The zero-order valence-electron chi connectivity index (χ0n) is 18.4. The number of pyridine rings is 1. The maximum absolute atomic E-state index is 13.8. The highest BCUT2D eigenvalue weighted by molar-refractivity contribution is 5.90. The van der Waals surface area contributed by atoms with Crippen molar-refractivity contribution in [2.75, 3.05) is 0 Å². The van der Waals surface area contributed by atoms with E-state index in [-0.39, 0.29) is 28.5 Å². The molecule has 3 aromatic heterocycles. The number of nitrogens with zero attached hydrogens (tertiary/aromatic N) is 6. The lowest BCUT2D eigenvalue weighted by Crippen LogP contribution is -2.11. The van der Waals surface area contributed by atoms with Crippen molar-refractivity contribution >= 4 is 0 Å². The fourth-order valence-electron chi connectivity index (χ4n) is 3.68. The van der Waals surface area contributed by atoms with Gasteiger partial charge >= 0.3 is 12.4 Å². The van der Waals surface area contributed by atoms with Crippen LogP contribution in [0.15, 0.2) is 72.9 Å². The summed E-state index contributed by atoms with van der Waals surface area (Å²) in [5, 5.41) is 13.9. The normalized spacial score (nSPS) is 12.1. The summed E-state index contributed by atoms with van der Waals surface area (Å²) >= 11 is 0. The lowest BCUT2D eigenvalue weighted by molar-refractivity contribution is -0.141. The van der Waals surface area contributed by atoms with Gasteiger partial charge in [0.25, 0.3) is 0 Å². The van der Waals surface area contributed by atoms with Crippen LogP contribution in [0.3, 0.4) is 0 Å². The van der Waals surface area contributed by atoms with Crippen LogP contribution in [0.5, 0.6) is 0 Å². The van der Waals surface area contributed by atoms with Gasteiger partial charge in [-0.1, -0.05) is 48.5 Å². The van der Waals surface area contributed by atoms with E-state index >= 15 is 0 Å². The molecule has 0 unspecified atom stereocenters. The second-order valence-corrected chi connectivity index (χ2v) is 7.72. The van der Waals surface area contributed by atoms with Gasteiger partial charge in [0.2, 0.25) is 5.82 Å². The van der Waals surface area contributed by atoms with Crippen molar-refractivity contribution in [2.45, 2.75) is 12.4 Å². The third-order valence-electron chi connectivity index (χ3n) is 5.33. The number of benzene rings is 2. The number of aromatic amines is 1. The van der Waals surface area contributed by atoms with E-state index in [1.807, 2.05) is 6.07 Å². The minimum absolute atomic E-state index is 0.0533. The molecular formula is C24H13F6N7. The Kier molecular flexibility index (Phi) is 5.90. The number of halogens is 6. The summed E-state index contributed by atoms with van der Waals surface area (Å²) in [4.78, 5) is 11.3. The SMILES string of the molecule is FC(F)(F)c1ccc(-c2cc(C(F)(F)F)nc(-c3cccc(-c4ccccc4)c3-c3nn[nH]n3)n2)cn1. The Bertz CT molecular complexity index is 1530. The van der Waals surface area contributed by atoms with Gasteiger partial charge in [0, 0.05) is 22.9 Å². The molecule has 0 bridgehead atoms. The maximum Gasteiger partial charge on any atom is 0.433 e. The molecule has 7 nitrogen and oxygen atoms in total. The third-order valence-corrected chi connectivity index (χ3v) is 5.33. The number of alkyl halides is 6. The Balaban J connectivity index is 1.74. The van der Waals surface area contributed by atoms with Gasteiger partial charge in [-0.25, -0.2) is 9.97 Å². The van der Waals surface area contributed by atoms with Crippen molar-refractivity contribution in [1.82, 2.24) is 35.6 Å². The summed E-state index contributed by atoms with van der Waals surface area (Å²) in [6.07, 6.45) is -8.76. The highest BCUT2D eigenvalue weighted by Crippen LogP contribution is 2.39.